The minimum Gasteiger partial charge on any atom is -0.496 e. The van der Waals surface area contributed by atoms with Crippen LogP contribution in [0.4, 0.5) is 0 Å². The Hall–Kier alpha value is -2.00. The predicted molar refractivity (Wildman–Crippen MR) is 103 cm³/mol. The minimum atomic E-state index is 0.701. The van der Waals surface area contributed by atoms with Crippen molar-refractivity contribution in [1.82, 2.24) is 9.80 Å². The molecule has 0 radical (unpaired) electrons. The highest BCUT2D eigenvalue weighted by Gasteiger charge is 2.23. The molecule has 1 saturated heterocycles. The summed E-state index contributed by atoms with van der Waals surface area (Å²) in [5, 5.41) is 0. The molecule has 2 aliphatic heterocycles. The van der Waals surface area contributed by atoms with Gasteiger partial charge in [-0.3, -0.25) is 4.90 Å². The average molecular weight is 336 g/mol. The molecule has 0 N–H and O–H groups in total. The summed E-state index contributed by atoms with van der Waals surface area (Å²) < 4.78 is 5.68. The standard InChI is InChI=1S/C22H28N2O/c1-17-6-5-9-22(18(17)2)24-12-10-23(11-13-24)14-20-16-25-15-19-7-3-4-8-21(19)20/h3-4,7-9,16H,5-6,10-15H2,1-2H3. The van der Waals surface area contributed by atoms with E-state index in [4.69, 9.17) is 4.74 Å². The molecule has 132 valence electrons. The number of benzene rings is 1. The highest BCUT2D eigenvalue weighted by Crippen LogP contribution is 2.29. The molecule has 2 heterocycles. The SMILES string of the molecule is CC1=C(C)C(N2CCN(CC3=COCc4ccccc43)CC2)=CCC1. The van der Waals surface area contributed by atoms with Crippen molar-refractivity contribution in [2.75, 3.05) is 32.7 Å². The number of hydrogen-bond acceptors (Lipinski definition) is 3. The van der Waals surface area contributed by atoms with Gasteiger partial charge >= 0.3 is 0 Å². The fourth-order valence-corrected chi connectivity index (χ4v) is 4.12. The number of nitrogens with zero attached hydrogens (tertiary/aromatic N) is 2. The Morgan fingerprint density at radius 3 is 2.68 bits per heavy atom. The molecule has 0 unspecified atom stereocenters. The summed E-state index contributed by atoms with van der Waals surface area (Å²) in [5.74, 6) is 0. The Labute approximate surface area is 151 Å². The van der Waals surface area contributed by atoms with Crippen molar-refractivity contribution >= 4 is 5.57 Å². The number of rotatable bonds is 3. The number of hydrogen-bond donors (Lipinski definition) is 0. The van der Waals surface area contributed by atoms with Gasteiger partial charge in [0.2, 0.25) is 0 Å². The lowest BCUT2D eigenvalue weighted by Crippen LogP contribution is -2.46. The van der Waals surface area contributed by atoms with Crippen molar-refractivity contribution in [2.45, 2.75) is 33.3 Å². The molecule has 0 amide bonds. The second kappa shape index (κ2) is 7.09. The molecule has 3 aliphatic rings. The molecular weight excluding hydrogens is 308 g/mol. The maximum absolute atomic E-state index is 5.68. The third-order valence-corrected chi connectivity index (χ3v) is 5.82. The van der Waals surface area contributed by atoms with Crippen molar-refractivity contribution < 1.29 is 4.74 Å². The monoisotopic (exact) mass is 336 g/mol. The van der Waals surface area contributed by atoms with Crippen LogP contribution in [0.3, 0.4) is 0 Å². The molecule has 3 heteroatoms. The molecule has 1 aromatic carbocycles. The first-order chi connectivity index (χ1) is 12.2. The molecule has 1 fully saturated rings. The number of ether oxygens (including phenoxy) is 1. The van der Waals surface area contributed by atoms with E-state index in [2.05, 4.69) is 54.0 Å². The van der Waals surface area contributed by atoms with Crippen molar-refractivity contribution in [1.29, 1.82) is 0 Å². The van der Waals surface area contributed by atoms with Gasteiger partial charge in [0, 0.05) is 44.0 Å². The maximum Gasteiger partial charge on any atom is 0.113 e. The highest BCUT2D eigenvalue weighted by atomic mass is 16.5. The Balaban J connectivity index is 1.39. The lowest BCUT2D eigenvalue weighted by Gasteiger charge is -2.39. The lowest BCUT2D eigenvalue weighted by atomic mass is 9.96. The van der Waals surface area contributed by atoms with Crippen LogP contribution in [-0.4, -0.2) is 42.5 Å². The second-order valence-corrected chi connectivity index (χ2v) is 7.41. The van der Waals surface area contributed by atoms with Crippen LogP contribution in [0.1, 0.15) is 37.8 Å². The second-order valence-electron chi connectivity index (χ2n) is 7.41. The molecule has 0 spiro atoms. The normalized spacial score (nSPS) is 21.4. The minimum absolute atomic E-state index is 0.701. The average Bonchev–Trinajstić information content (AvgIpc) is 2.65. The van der Waals surface area contributed by atoms with Crippen LogP contribution in [0, 0.1) is 0 Å². The van der Waals surface area contributed by atoms with Gasteiger partial charge in [0.25, 0.3) is 0 Å². The van der Waals surface area contributed by atoms with Crippen LogP contribution in [0.15, 0.2) is 53.4 Å². The van der Waals surface area contributed by atoms with Gasteiger partial charge < -0.3 is 9.64 Å². The number of allylic oxidation sites excluding steroid dienone is 3. The van der Waals surface area contributed by atoms with E-state index in [9.17, 15) is 0 Å². The zero-order valence-corrected chi connectivity index (χ0v) is 15.4. The van der Waals surface area contributed by atoms with Crippen LogP contribution in [0.25, 0.3) is 5.57 Å². The van der Waals surface area contributed by atoms with E-state index in [0.29, 0.717) is 6.61 Å². The quantitative estimate of drug-likeness (QED) is 0.823. The van der Waals surface area contributed by atoms with E-state index in [1.54, 1.807) is 5.57 Å². The number of piperazine rings is 1. The summed E-state index contributed by atoms with van der Waals surface area (Å²) in [7, 11) is 0. The lowest BCUT2D eigenvalue weighted by molar-refractivity contribution is 0.172. The van der Waals surface area contributed by atoms with Gasteiger partial charge in [-0.1, -0.05) is 35.9 Å². The third kappa shape index (κ3) is 3.38. The molecule has 0 aromatic heterocycles. The Morgan fingerprint density at radius 1 is 1.04 bits per heavy atom. The summed E-state index contributed by atoms with van der Waals surface area (Å²) in [6.45, 7) is 10.7. The van der Waals surface area contributed by atoms with E-state index >= 15 is 0 Å². The summed E-state index contributed by atoms with van der Waals surface area (Å²) in [5.41, 5.74) is 8.52. The van der Waals surface area contributed by atoms with Crippen LogP contribution >= 0.6 is 0 Å². The van der Waals surface area contributed by atoms with E-state index < -0.39 is 0 Å². The largest absolute Gasteiger partial charge is 0.496 e. The van der Waals surface area contributed by atoms with Crippen molar-refractivity contribution in [2.24, 2.45) is 0 Å². The van der Waals surface area contributed by atoms with Crippen LogP contribution in [0.2, 0.25) is 0 Å². The summed E-state index contributed by atoms with van der Waals surface area (Å²) in [6, 6.07) is 8.62. The van der Waals surface area contributed by atoms with Gasteiger partial charge in [-0.15, -0.1) is 0 Å². The first kappa shape index (κ1) is 16.5. The van der Waals surface area contributed by atoms with Crippen LogP contribution in [-0.2, 0) is 11.3 Å². The first-order valence-corrected chi connectivity index (χ1v) is 9.45. The van der Waals surface area contributed by atoms with Gasteiger partial charge in [0.15, 0.2) is 0 Å². The van der Waals surface area contributed by atoms with E-state index in [-0.39, 0.29) is 0 Å². The zero-order chi connectivity index (χ0) is 17.2. The summed E-state index contributed by atoms with van der Waals surface area (Å²) in [4.78, 5) is 5.14. The Kier molecular flexibility index (Phi) is 4.67. The fourth-order valence-electron chi connectivity index (χ4n) is 4.12. The predicted octanol–water partition coefficient (Wildman–Crippen LogP) is 4.19. The van der Waals surface area contributed by atoms with Gasteiger partial charge in [-0.25, -0.2) is 0 Å². The molecule has 0 bridgehead atoms. The van der Waals surface area contributed by atoms with Crippen molar-refractivity contribution in [3.05, 3.63) is 64.6 Å². The van der Waals surface area contributed by atoms with Gasteiger partial charge in [-0.2, -0.15) is 0 Å². The summed E-state index contributed by atoms with van der Waals surface area (Å²) >= 11 is 0. The zero-order valence-electron chi connectivity index (χ0n) is 15.4. The van der Waals surface area contributed by atoms with Crippen LogP contribution in [0.5, 0.6) is 0 Å². The van der Waals surface area contributed by atoms with Gasteiger partial charge in [-0.05, 0) is 43.4 Å². The van der Waals surface area contributed by atoms with E-state index in [0.717, 1.165) is 32.7 Å². The van der Waals surface area contributed by atoms with Crippen LogP contribution < -0.4 is 0 Å². The molecule has 4 rings (SSSR count). The molecule has 0 saturated carbocycles. The summed E-state index contributed by atoms with van der Waals surface area (Å²) in [6.07, 6.45) is 6.82. The van der Waals surface area contributed by atoms with E-state index in [1.165, 1.54) is 40.8 Å². The molecule has 25 heavy (non-hydrogen) atoms. The fraction of sp³-hybridized carbons (Fsp3) is 0.455. The van der Waals surface area contributed by atoms with Crippen molar-refractivity contribution in [3.63, 3.8) is 0 Å². The highest BCUT2D eigenvalue weighted by molar-refractivity contribution is 5.69. The molecular formula is C22H28N2O. The topological polar surface area (TPSA) is 15.7 Å². The molecule has 3 nitrogen and oxygen atoms in total. The molecule has 1 aromatic rings. The van der Waals surface area contributed by atoms with E-state index in [1.807, 2.05) is 6.26 Å². The Bertz CT molecular complexity index is 736. The van der Waals surface area contributed by atoms with Gasteiger partial charge in [0.1, 0.15) is 6.61 Å². The first-order valence-electron chi connectivity index (χ1n) is 9.45. The van der Waals surface area contributed by atoms with Crippen molar-refractivity contribution in [3.8, 4) is 0 Å². The smallest absolute Gasteiger partial charge is 0.113 e. The third-order valence-electron chi connectivity index (χ3n) is 5.82. The molecule has 0 atom stereocenters. The molecule has 1 aliphatic carbocycles. The number of fused-ring (bicyclic) bond motifs is 1. The maximum atomic E-state index is 5.68. The van der Waals surface area contributed by atoms with Gasteiger partial charge in [0.05, 0.1) is 6.26 Å². The Morgan fingerprint density at radius 2 is 1.84 bits per heavy atom.